The molecular formula is C38H56N6O10S. The number of fused-ring (bicyclic) bond motifs is 1. The molecule has 17 heteroatoms. The van der Waals surface area contributed by atoms with E-state index < -0.39 is 74.5 Å². The van der Waals surface area contributed by atoms with Crippen molar-refractivity contribution in [2.75, 3.05) is 34.3 Å². The van der Waals surface area contributed by atoms with Crippen molar-refractivity contribution >= 4 is 44.9 Å². The van der Waals surface area contributed by atoms with Gasteiger partial charge in [-0.15, -0.1) is 0 Å². The van der Waals surface area contributed by atoms with Crippen LogP contribution in [0.15, 0.2) is 30.5 Å². The maximum atomic E-state index is 14.6. The number of likely N-dealkylation sites (N-methyl/N-ethyl adjacent to an activating group) is 1. The van der Waals surface area contributed by atoms with Crippen LogP contribution in [0.25, 0.3) is 10.8 Å². The smallest absolute Gasteiger partial charge is 0.408 e. The number of nitrogens with zero attached hydrogens (tertiary/aromatic N) is 3. The molecule has 2 aliphatic carbocycles. The minimum Gasteiger partial charge on any atom is -0.497 e. The molecule has 3 aliphatic rings. The van der Waals surface area contributed by atoms with E-state index in [2.05, 4.69) is 15.6 Å². The van der Waals surface area contributed by atoms with Gasteiger partial charge >= 0.3 is 16.4 Å². The summed E-state index contributed by atoms with van der Waals surface area (Å²) < 4.78 is 50.3. The Morgan fingerprint density at radius 3 is 2.36 bits per heavy atom. The molecule has 0 spiro atoms. The minimum atomic E-state index is -4.46. The number of pyridine rings is 1. The largest absolute Gasteiger partial charge is 0.497 e. The Morgan fingerprint density at radius 2 is 1.78 bits per heavy atom. The molecule has 0 radical (unpaired) electrons. The average Bonchev–Trinajstić information content (AvgIpc) is 3.93. The van der Waals surface area contributed by atoms with Crippen molar-refractivity contribution in [3.05, 3.63) is 30.5 Å². The zero-order valence-corrected chi connectivity index (χ0v) is 34.3. The normalized spacial score (nSPS) is 23.8. The van der Waals surface area contributed by atoms with Crippen molar-refractivity contribution in [3.63, 3.8) is 0 Å². The zero-order chi connectivity index (χ0) is 40.7. The van der Waals surface area contributed by atoms with Crippen LogP contribution in [-0.2, 0) is 33.6 Å². The SMILES string of the molecule is CCC1CC1(NC(=O)C1CC(Oc2nccc3cc(OC)ccc23)CN1C(=O)C(NC(=O)OC(C)(C)CN(C)C)C(C)(C)C)C(=O)NS(=O)(=O)OC1(C)CC1. The number of nitrogens with one attached hydrogen (secondary N) is 3. The van der Waals surface area contributed by atoms with Crippen LogP contribution < -0.4 is 24.8 Å². The molecule has 1 aromatic carbocycles. The first kappa shape index (κ1) is 41.9. The number of aromatic nitrogens is 1. The lowest BCUT2D eigenvalue weighted by molar-refractivity contribution is -0.143. The quantitative estimate of drug-likeness (QED) is 0.239. The van der Waals surface area contributed by atoms with Gasteiger partial charge in [-0.05, 0) is 95.1 Å². The molecular weight excluding hydrogens is 733 g/mol. The third kappa shape index (κ3) is 9.97. The lowest BCUT2D eigenvalue weighted by Gasteiger charge is -2.36. The summed E-state index contributed by atoms with van der Waals surface area (Å²) in [7, 11) is 0.813. The number of carbonyl (C=O) groups is 4. The predicted octanol–water partition coefficient (Wildman–Crippen LogP) is 3.29. The molecule has 2 heterocycles. The van der Waals surface area contributed by atoms with Crippen molar-refractivity contribution in [1.82, 2.24) is 30.1 Å². The standard InChI is InChI=1S/C38H56N6O10S/c1-11-24-20-38(24,33(47)42-55(49,50)54-37(7)15-16-37)41-30(45)28-19-26(52-31-27-13-12-25(51-10)18-23(27)14-17-39-31)21-44(28)32(46)29(35(2,3)4)40-34(48)53-36(5,6)22-43(8)9/h12-14,17-18,24,26,28-29H,11,15-16,19-22H2,1-10H3,(H,40,48)(H,41,45)(H,42,47). The Hall–Kier alpha value is -4.22. The Balaban J connectivity index is 1.43. The molecule has 304 valence electrons. The number of carbonyl (C=O) groups excluding carboxylic acids is 4. The van der Waals surface area contributed by atoms with Gasteiger partial charge in [-0.2, -0.15) is 8.42 Å². The van der Waals surface area contributed by atoms with Gasteiger partial charge in [0, 0.05) is 24.5 Å². The second-order valence-corrected chi connectivity index (χ2v) is 18.5. The molecule has 0 bridgehead atoms. The number of ether oxygens (including phenoxy) is 3. The average molecular weight is 789 g/mol. The van der Waals surface area contributed by atoms with E-state index in [0.29, 0.717) is 36.9 Å². The summed E-state index contributed by atoms with van der Waals surface area (Å²) >= 11 is 0. The first-order valence-corrected chi connectivity index (χ1v) is 20.0. The fraction of sp³-hybridized carbons (Fsp3) is 0.658. The minimum absolute atomic E-state index is 0.0111. The summed E-state index contributed by atoms with van der Waals surface area (Å²) in [5.41, 5.74) is -4.13. The van der Waals surface area contributed by atoms with Gasteiger partial charge in [-0.25, -0.2) is 18.7 Å². The van der Waals surface area contributed by atoms with E-state index in [4.69, 9.17) is 18.4 Å². The molecule has 2 saturated carbocycles. The molecule has 3 fully saturated rings. The molecule has 1 aliphatic heterocycles. The Labute approximate surface area is 323 Å². The van der Waals surface area contributed by atoms with E-state index in [1.165, 1.54) is 4.90 Å². The molecule has 16 nitrogen and oxygen atoms in total. The predicted molar refractivity (Wildman–Crippen MR) is 203 cm³/mol. The van der Waals surface area contributed by atoms with Gasteiger partial charge in [0.25, 0.3) is 5.91 Å². The van der Waals surface area contributed by atoms with E-state index in [1.54, 1.807) is 60.9 Å². The summed E-state index contributed by atoms with van der Waals surface area (Å²) in [6, 6.07) is 4.93. The lowest BCUT2D eigenvalue weighted by Crippen LogP contribution is -2.60. The maximum Gasteiger partial charge on any atom is 0.408 e. The first-order valence-electron chi connectivity index (χ1n) is 18.6. The monoisotopic (exact) mass is 788 g/mol. The number of amides is 4. The molecule has 5 unspecified atom stereocenters. The fourth-order valence-electron chi connectivity index (χ4n) is 7.25. The molecule has 1 aromatic heterocycles. The van der Waals surface area contributed by atoms with Crippen LogP contribution in [0.1, 0.15) is 80.6 Å². The highest BCUT2D eigenvalue weighted by atomic mass is 32.2. The Morgan fingerprint density at radius 1 is 1.09 bits per heavy atom. The van der Waals surface area contributed by atoms with Crippen LogP contribution in [0.2, 0.25) is 0 Å². The summed E-state index contributed by atoms with van der Waals surface area (Å²) in [6.45, 7) is 12.7. The highest BCUT2D eigenvalue weighted by Crippen LogP contribution is 2.47. The van der Waals surface area contributed by atoms with E-state index in [-0.39, 0.29) is 31.2 Å². The van der Waals surface area contributed by atoms with Crippen LogP contribution in [0.5, 0.6) is 11.6 Å². The number of hydrogen-bond acceptors (Lipinski definition) is 12. The van der Waals surface area contributed by atoms with E-state index in [9.17, 15) is 27.6 Å². The summed E-state index contributed by atoms with van der Waals surface area (Å²) in [4.78, 5) is 63.6. The van der Waals surface area contributed by atoms with Gasteiger partial charge in [0.2, 0.25) is 17.7 Å². The Bertz CT molecular complexity index is 1910. The maximum absolute atomic E-state index is 14.6. The second-order valence-electron chi connectivity index (χ2n) is 17.2. The molecule has 3 N–H and O–H groups in total. The van der Waals surface area contributed by atoms with Gasteiger partial charge in [0.15, 0.2) is 0 Å². The molecule has 5 rings (SSSR count). The third-order valence-electron chi connectivity index (χ3n) is 10.3. The molecule has 1 saturated heterocycles. The Kier molecular flexibility index (Phi) is 11.7. The first-order chi connectivity index (χ1) is 25.5. The third-order valence-corrected chi connectivity index (χ3v) is 11.4. The lowest BCUT2D eigenvalue weighted by atomic mass is 9.85. The number of hydrogen-bond donors (Lipinski definition) is 3. The van der Waals surface area contributed by atoms with Crippen molar-refractivity contribution in [3.8, 4) is 11.6 Å². The number of alkyl carbamates (subject to hydrolysis) is 1. The van der Waals surface area contributed by atoms with Crippen molar-refractivity contribution in [2.45, 2.75) is 115 Å². The van der Waals surface area contributed by atoms with Gasteiger partial charge in [-0.3, -0.25) is 14.4 Å². The second kappa shape index (κ2) is 15.4. The number of benzene rings is 1. The number of rotatable bonds is 15. The van der Waals surface area contributed by atoms with Gasteiger partial charge in [0.05, 0.1) is 19.3 Å². The topological polar surface area (TPSA) is 195 Å². The van der Waals surface area contributed by atoms with Crippen LogP contribution in [-0.4, -0.2) is 116 Å². The van der Waals surface area contributed by atoms with Crippen LogP contribution >= 0.6 is 0 Å². The van der Waals surface area contributed by atoms with E-state index in [1.807, 2.05) is 48.8 Å². The van der Waals surface area contributed by atoms with Crippen LogP contribution in [0, 0.1) is 11.3 Å². The van der Waals surface area contributed by atoms with Gasteiger partial charge < -0.3 is 34.6 Å². The van der Waals surface area contributed by atoms with E-state index in [0.717, 1.165) is 5.39 Å². The van der Waals surface area contributed by atoms with E-state index >= 15 is 0 Å². The van der Waals surface area contributed by atoms with Gasteiger partial charge in [-0.1, -0.05) is 34.1 Å². The molecule has 4 amide bonds. The number of methoxy groups -OCH3 is 1. The number of likely N-dealkylation sites (tertiary alicyclic amines) is 1. The zero-order valence-electron chi connectivity index (χ0n) is 33.5. The van der Waals surface area contributed by atoms with Crippen molar-refractivity contribution < 1.29 is 46.0 Å². The van der Waals surface area contributed by atoms with Crippen LogP contribution in [0.3, 0.4) is 0 Å². The molecule has 2 aromatic rings. The summed E-state index contributed by atoms with van der Waals surface area (Å²) in [6.07, 6.45) is 1.81. The fourth-order valence-corrected chi connectivity index (χ4v) is 8.40. The van der Waals surface area contributed by atoms with Gasteiger partial charge in [0.1, 0.15) is 35.1 Å². The van der Waals surface area contributed by atoms with Crippen molar-refractivity contribution in [2.24, 2.45) is 11.3 Å². The molecule has 55 heavy (non-hydrogen) atoms. The summed E-state index contributed by atoms with van der Waals surface area (Å²) in [5.74, 6) is -1.57. The molecule has 5 atom stereocenters. The highest BCUT2D eigenvalue weighted by molar-refractivity contribution is 7.85. The summed E-state index contributed by atoms with van der Waals surface area (Å²) in [5, 5.41) is 7.07. The highest BCUT2D eigenvalue weighted by Gasteiger charge is 2.62. The van der Waals surface area contributed by atoms with Crippen molar-refractivity contribution in [1.29, 1.82) is 0 Å². The van der Waals surface area contributed by atoms with Crippen LogP contribution in [0.4, 0.5) is 4.79 Å².